The third kappa shape index (κ3) is 2.48. The summed E-state index contributed by atoms with van der Waals surface area (Å²) >= 11 is 5.85. The van der Waals surface area contributed by atoms with Gasteiger partial charge in [-0.25, -0.2) is 8.78 Å². The Labute approximate surface area is 102 Å². The molecule has 1 atom stereocenters. The number of halogens is 3. The lowest BCUT2D eigenvalue weighted by Crippen LogP contribution is -2.17. The highest BCUT2D eigenvalue weighted by Gasteiger charge is 2.18. The summed E-state index contributed by atoms with van der Waals surface area (Å²) in [5.41, 5.74) is 1.09. The molecule has 0 saturated carbocycles. The van der Waals surface area contributed by atoms with Crippen molar-refractivity contribution in [1.29, 1.82) is 0 Å². The van der Waals surface area contributed by atoms with Crippen LogP contribution in [0.1, 0.15) is 17.2 Å². The van der Waals surface area contributed by atoms with Gasteiger partial charge in [0.15, 0.2) is 5.22 Å². The van der Waals surface area contributed by atoms with E-state index < -0.39 is 17.7 Å². The molecule has 1 unspecified atom stereocenters. The lowest BCUT2D eigenvalue weighted by molar-refractivity contribution is 0.554. The van der Waals surface area contributed by atoms with E-state index in [1.807, 2.05) is 0 Å². The molecule has 0 saturated heterocycles. The summed E-state index contributed by atoms with van der Waals surface area (Å²) < 4.78 is 31.3. The molecule has 0 bridgehead atoms. The van der Waals surface area contributed by atoms with Gasteiger partial charge >= 0.3 is 0 Å². The van der Waals surface area contributed by atoms with Crippen LogP contribution >= 0.6 is 11.6 Å². The molecule has 2 aromatic rings. The third-order valence-electron chi connectivity index (χ3n) is 2.46. The van der Waals surface area contributed by atoms with Crippen molar-refractivity contribution < 1.29 is 13.2 Å². The van der Waals surface area contributed by atoms with E-state index in [1.54, 1.807) is 13.1 Å². The maximum absolute atomic E-state index is 13.1. The Morgan fingerprint density at radius 3 is 2.35 bits per heavy atom. The second-order valence-electron chi connectivity index (χ2n) is 3.57. The standard InChI is InChI=1S/C12H10ClF2NO/c1-16-11(10-2-3-17-12(10)13)7-4-8(14)6-9(15)5-7/h2-6,11,16H,1H3. The SMILES string of the molecule is CNC(c1cc(F)cc(F)c1)c1ccoc1Cl. The second kappa shape index (κ2) is 4.85. The number of benzene rings is 1. The fraction of sp³-hybridized carbons (Fsp3) is 0.167. The van der Waals surface area contributed by atoms with Gasteiger partial charge in [-0.2, -0.15) is 0 Å². The lowest BCUT2D eigenvalue weighted by atomic mass is 10.0. The van der Waals surface area contributed by atoms with Crippen molar-refractivity contribution in [3.8, 4) is 0 Å². The molecule has 2 nitrogen and oxygen atoms in total. The van der Waals surface area contributed by atoms with Crippen LogP contribution in [0.5, 0.6) is 0 Å². The summed E-state index contributed by atoms with van der Waals surface area (Å²) in [5.74, 6) is -1.25. The highest BCUT2D eigenvalue weighted by atomic mass is 35.5. The fourth-order valence-electron chi connectivity index (χ4n) is 1.75. The van der Waals surface area contributed by atoms with E-state index in [9.17, 15) is 8.78 Å². The van der Waals surface area contributed by atoms with E-state index in [4.69, 9.17) is 16.0 Å². The Balaban J connectivity index is 2.45. The highest BCUT2D eigenvalue weighted by Crippen LogP contribution is 2.29. The molecule has 0 amide bonds. The molecule has 0 aliphatic carbocycles. The predicted octanol–water partition coefficient (Wildman–Crippen LogP) is 3.52. The highest BCUT2D eigenvalue weighted by molar-refractivity contribution is 6.29. The van der Waals surface area contributed by atoms with Crippen molar-refractivity contribution in [3.63, 3.8) is 0 Å². The predicted molar refractivity (Wildman–Crippen MR) is 61.0 cm³/mol. The average Bonchev–Trinajstić information content (AvgIpc) is 2.65. The smallest absolute Gasteiger partial charge is 0.198 e. The van der Waals surface area contributed by atoms with Gasteiger partial charge in [-0.1, -0.05) is 0 Å². The average molecular weight is 258 g/mol. The van der Waals surface area contributed by atoms with Crippen LogP contribution < -0.4 is 5.32 Å². The zero-order valence-electron chi connectivity index (χ0n) is 9.01. The molecule has 0 radical (unpaired) electrons. The summed E-state index contributed by atoms with van der Waals surface area (Å²) in [4.78, 5) is 0. The Hall–Kier alpha value is -1.39. The van der Waals surface area contributed by atoms with Crippen LogP contribution in [0, 0.1) is 11.6 Å². The summed E-state index contributed by atoms with van der Waals surface area (Å²) in [6.45, 7) is 0. The van der Waals surface area contributed by atoms with Crippen molar-refractivity contribution in [2.45, 2.75) is 6.04 Å². The minimum atomic E-state index is -0.625. The molecule has 0 fully saturated rings. The van der Waals surface area contributed by atoms with Gasteiger partial charge in [0, 0.05) is 11.6 Å². The largest absolute Gasteiger partial charge is 0.453 e. The number of rotatable bonds is 3. The molecule has 1 heterocycles. The minimum Gasteiger partial charge on any atom is -0.453 e. The number of hydrogen-bond acceptors (Lipinski definition) is 2. The molecule has 5 heteroatoms. The van der Waals surface area contributed by atoms with Gasteiger partial charge in [-0.15, -0.1) is 0 Å². The first-order chi connectivity index (χ1) is 8.11. The molecule has 1 N–H and O–H groups in total. The fourth-order valence-corrected chi connectivity index (χ4v) is 1.98. The summed E-state index contributed by atoms with van der Waals surface area (Å²) in [6.07, 6.45) is 1.43. The quantitative estimate of drug-likeness (QED) is 0.910. The lowest BCUT2D eigenvalue weighted by Gasteiger charge is -2.15. The van der Waals surface area contributed by atoms with Crippen molar-refractivity contribution in [3.05, 3.63) is 58.5 Å². The Morgan fingerprint density at radius 2 is 1.88 bits per heavy atom. The first-order valence-corrected chi connectivity index (χ1v) is 5.35. The molecule has 0 aliphatic heterocycles. The summed E-state index contributed by atoms with van der Waals surface area (Å²) in [7, 11) is 1.68. The van der Waals surface area contributed by atoms with E-state index in [0.717, 1.165) is 6.07 Å². The third-order valence-corrected chi connectivity index (χ3v) is 2.77. The number of hydrogen-bond donors (Lipinski definition) is 1. The molecule has 1 aromatic heterocycles. The summed E-state index contributed by atoms with van der Waals surface area (Å²) in [6, 6.07) is 4.59. The zero-order valence-corrected chi connectivity index (χ0v) is 9.76. The Morgan fingerprint density at radius 1 is 1.24 bits per heavy atom. The topological polar surface area (TPSA) is 25.2 Å². The second-order valence-corrected chi connectivity index (χ2v) is 3.92. The van der Waals surface area contributed by atoms with E-state index in [2.05, 4.69) is 5.32 Å². The maximum atomic E-state index is 13.1. The van der Waals surface area contributed by atoms with Crippen LogP contribution in [0.2, 0.25) is 5.22 Å². The van der Waals surface area contributed by atoms with E-state index >= 15 is 0 Å². The van der Waals surface area contributed by atoms with Gasteiger partial charge < -0.3 is 9.73 Å². The van der Waals surface area contributed by atoms with Crippen LogP contribution in [0.25, 0.3) is 0 Å². The number of furan rings is 1. The normalized spacial score (nSPS) is 12.7. The van der Waals surface area contributed by atoms with Crippen LogP contribution in [-0.4, -0.2) is 7.05 Å². The minimum absolute atomic E-state index is 0.203. The maximum Gasteiger partial charge on any atom is 0.198 e. The van der Waals surface area contributed by atoms with Crippen molar-refractivity contribution in [2.24, 2.45) is 0 Å². The molecule has 90 valence electrons. The Kier molecular flexibility index (Phi) is 3.45. The van der Waals surface area contributed by atoms with Crippen LogP contribution in [0.3, 0.4) is 0 Å². The molecule has 0 aliphatic rings. The van der Waals surface area contributed by atoms with Gasteiger partial charge in [0.1, 0.15) is 11.6 Å². The van der Waals surface area contributed by atoms with Crippen molar-refractivity contribution in [1.82, 2.24) is 5.32 Å². The van der Waals surface area contributed by atoms with Crippen LogP contribution in [0.15, 0.2) is 34.9 Å². The molecule has 0 spiro atoms. The number of nitrogens with one attached hydrogen (secondary N) is 1. The van der Waals surface area contributed by atoms with Crippen LogP contribution in [0.4, 0.5) is 8.78 Å². The first-order valence-electron chi connectivity index (χ1n) is 4.98. The zero-order chi connectivity index (χ0) is 12.4. The molecule has 2 rings (SSSR count). The summed E-state index contributed by atoms with van der Waals surface area (Å²) in [5, 5.41) is 3.14. The molecular formula is C12H10ClF2NO. The monoisotopic (exact) mass is 257 g/mol. The molecule has 17 heavy (non-hydrogen) atoms. The van der Waals surface area contributed by atoms with Crippen molar-refractivity contribution >= 4 is 11.6 Å². The van der Waals surface area contributed by atoms with Crippen molar-refractivity contribution in [2.75, 3.05) is 7.05 Å². The van der Waals surface area contributed by atoms with Gasteiger partial charge in [0.25, 0.3) is 0 Å². The molecular weight excluding hydrogens is 248 g/mol. The van der Waals surface area contributed by atoms with Crippen LogP contribution in [-0.2, 0) is 0 Å². The van der Waals surface area contributed by atoms with Gasteiger partial charge in [0.2, 0.25) is 0 Å². The van der Waals surface area contributed by atoms with E-state index in [0.29, 0.717) is 11.1 Å². The van der Waals surface area contributed by atoms with Gasteiger partial charge in [0.05, 0.1) is 12.3 Å². The van der Waals surface area contributed by atoms with Gasteiger partial charge in [-0.3, -0.25) is 0 Å². The first kappa shape index (κ1) is 12.1. The van der Waals surface area contributed by atoms with E-state index in [-0.39, 0.29) is 5.22 Å². The van der Waals surface area contributed by atoms with E-state index in [1.165, 1.54) is 18.4 Å². The molecule has 1 aromatic carbocycles. The van der Waals surface area contributed by atoms with Gasteiger partial charge in [-0.05, 0) is 42.4 Å². The Bertz CT molecular complexity index is 507.